The number of methoxy groups -OCH3 is 1. The number of nitrogens with zero attached hydrogens (tertiary/aromatic N) is 2. The standard InChI is InChI=1S/C13H16N2O6/c1-9-4-3-5-10(12(9)15(19)20)13(18)14(6-7-21-2)8-11(16)17/h3-5H,6-8H2,1-2H3,(H,16,17). The van der Waals surface area contributed by atoms with E-state index >= 15 is 0 Å². The van der Waals surface area contributed by atoms with Gasteiger partial charge in [-0.2, -0.15) is 0 Å². The topological polar surface area (TPSA) is 110 Å². The molecular formula is C13H16N2O6. The van der Waals surface area contributed by atoms with Crippen molar-refractivity contribution in [2.24, 2.45) is 0 Å². The first-order chi connectivity index (χ1) is 9.88. The number of benzene rings is 1. The summed E-state index contributed by atoms with van der Waals surface area (Å²) in [5.74, 6) is -1.90. The highest BCUT2D eigenvalue weighted by Gasteiger charge is 2.27. The summed E-state index contributed by atoms with van der Waals surface area (Å²) in [4.78, 5) is 34.7. The normalized spacial score (nSPS) is 10.2. The summed E-state index contributed by atoms with van der Waals surface area (Å²) in [5, 5.41) is 19.9. The van der Waals surface area contributed by atoms with Gasteiger partial charge in [-0.05, 0) is 13.0 Å². The molecule has 21 heavy (non-hydrogen) atoms. The minimum atomic E-state index is -1.20. The molecule has 0 aromatic heterocycles. The molecule has 0 radical (unpaired) electrons. The predicted octanol–water partition coefficient (Wildman–Crippen LogP) is 1.08. The average molecular weight is 296 g/mol. The molecule has 0 fully saturated rings. The molecule has 1 aromatic rings. The van der Waals surface area contributed by atoms with Crippen molar-refractivity contribution in [1.29, 1.82) is 0 Å². The Bertz CT molecular complexity index is 558. The zero-order valence-corrected chi connectivity index (χ0v) is 11.7. The Labute approximate surface area is 121 Å². The number of aryl methyl sites for hydroxylation is 1. The van der Waals surface area contributed by atoms with E-state index in [1.54, 1.807) is 0 Å². The number of carboxylic acid groups (broad SMARTS) is 1. The molecule has 0 heterocycles. The van der Waals surface area contributed by atoms with Crippen LogP contribution in [0.25, 0.3) is 0 Å². The van der Waals surface area contributed by atoms with Crippen molar-refractivity contribution in [2.75, 3.05) is 26.8 Å². The van der Waals surface area contributed by atoms with Gasteiger partial charge in [0.1, 0.15) is 12.1 Å². The molecule has 0 bridgehead atoms. The maximum absolute atomic E-state index is 12.4. The molecule has 0 aliphatic carbocycles. The lowest BCUT2D eigenvalue weighted by atomic mass is 10.1. The lowest BCUT2D eigenvalue weighted by molar-refractivity contribution is -0.385. The molecule has 0 aliphatic rings. The van der Waals surface area contributed by atoms with E-state index in [9.17, 15) is 19.7 Å². The Balaban J connectivity index is 3.16. The molecule has 1 amide bonds. The fraction of sp³-hybridized carbons (Fsp3) is 0.385. The van der Waals surface area contributed by atoms with Crippen LogP contribution >= 0.6 is 0 Å². The smallest absolute Gasteiger partial charge is 0.323 e. The lowest BCUT2D eigenvalue weighted by Gasteiger charge is -2.20. The second kappa shape index (κ2) is 7.34. The van der Waals surface area contributed by atoms with Gasteiger partial charge in [0.2, 0.25) is 0 Å². The second-order valence-electron chi connectivity index (χ2n) is 4.34. The van der Waals surface area contributed by atoms with Crippen molar-refractivity contribution >= 4 is 17.6 Å². The molecule has 0 saturated heterocycles. The van der Waals surface area contributed by atoms with Crippen molar-refractivity contribution in [1.82, 2.24) is 4.90 Å². The van der Waals surface area contributed by atoms with Crippen LogP contribution in [0.15, 0.2) is 18.2 Å². The number of nitro benzene ring substituents is 1. The highest BCUT2D eigenvalue weighted by molar-refractivity contribution is 5.99. The van der Waals surface area contributed by atoms with Gasteiger partial charge in [0, 0.05) is 19.2 Å². The fourth-order valence-electron chi connectivity index (χ4n) is 1.86. The van der Waals surface area contributed by atoms with E-state index in [-0.39, 0.29) is 24.4 Å². The summed E-state index contributed by atoms with van der Waals surface area (Å²) in [6.45, 7) is 1.14. The molecule has 1 rings (SSSR count). The van der Waals surface area contributed by atoms with Crippen LogP contribution in [0.2, 0.25) is 0 Å². The quantitative estimate of drug-likeness (QED) is 0.595. The van der Waals surface area contributed by atoms with Crippen LogP contribution in [0, 0.1) is 17.0 Å². The van der Waals surface area contributed by atoms with Gasteiger partial charge in [0.15, 0.2) is 0 Å². The number of amides is 1. The van der Waals surface area contributed by atoms with E-state index < -0.39 is 23.3 Å². The Kier molecular flexibility index (Phi) is 5.79. The maximum atomic E-state index is 12.4. The minimum absolute atomic E-state index is 0.0345. The molecule has 1 aromatic carbocycles. The number of carboxylic acids is 1. The molecule has 0 atom stereocenters. The van der Waals surface area contributed by atoms with E-state index in [1.165, 1.54) is 32.2 Å². The first-order valence-corrected chi connectivity index (χ1v) is 6.12. The van der Waals surface area contributed by atoms with Gasteiger partial charge < -0.3 is 14.7 Å². The number of aliphatic carboxylic acids is 1. The van der Waals surface area contributed by atoms with E-state index in [1.807, 2.05) is 0 Å². The zero-order valence-electron chi connectivity index (χ0n) is 11.7. The van der Waals surface area contributed by atoms with Crippen LogP contribution in [0.4, 0.5) is 5.69 Å². The molecular weight excluding hydrogens is 280 g/mol. The van der Waals surface area contributed by atoms with Crippen LogP contribution in [0.1, 0.15) is 15.9 Å². The Hall–Kier alpha value is -2.48. The summed E-state index contributed by atoms with van der Waals surface area (Å²) < 4.78 is 4.82. The van der Waals surface area contributed by atoms with Crippen LogP contribution in [0.5, 0.6) is 0 Å². The third-order valence-corrected chi connectivity index (χ3v) is 2.83. The number of ether oxygens (including phenoxy) is 1. The van der Waals surface area contributed by atoms with Crippen molar-refractivity contribution < 1.29 is 24.4 Å². The van der Waals surface area contributed by atoms with Gasteiger partial charge >= 0.3 is 5.97 Å². The zero-order chi connectivity index (χ0) is 16.0. The molecule has 8 heteroatoms. The molecule has 0 spiro atoms. The first kappa shape index (κ1) is 16.6. The van der Waals surface area contributed by atoms with Crippen molar-refractivity contribution in [3.63, 3.8) is 0 Å². The van der Waals surface area contributed by atoms with Gasteiger partial charge in [0.25, 0.3) is 11.6 Å². The number of para-hydroxylation sites is 1. The van der Waals surface area contributed by atoms with Crippen LogP contribution in [-0.2, 0) is 9.53 Å². The Morgan fingerprint density at radius 2 is 2.10 bits per heavy atom. The number of hydrogen-bond donors (Lipinski definition) is 1. The highest BCUT2D eigenvalue weighted by atomic mass is 16.6. The van der Waals surface area contributed by atoms with E-state index in [2.05, 4.69) is 0 Å². The molecule has 0 saturated carbocycles. The first-order valence-electron chi connectivity index (χ1n) is 6.12. The number of rotatable bonds is 7. The lowest BCUT2D eigenvalue weighted by Crippen LogP contribution is -2.38. The minimum Gasteiger partial charge on any atom is -0.480 e. The summed E-state index contributed by atoms with van der Waals surface area (Å²) in [6.07, 6.45) is 0. The fourth-order valence-corrected chi connectivity index (χ4v) is 1.86. The van der Waals surface area contributed by atoms with Gasteiger partial charge in [0.05, 0.1) is 11.5 Å². The van der Waals surface area contributed by atoms with Gasteiger partial charge in [-0.15, -0.1) is 0 Å². The molecule has 1 N–H and O–H groups in total. The van der Waals surface area contributed by atoms with E-state index in [0.717, 1.165) is 4.90 Å². The Morgan fingerprint density at radius 1 is 1.43 bits per heavy atom. The molecule has 8 nitrogen and oxygen atoms in total. The SMILES string of the molecule is COCCN(CC(=O)O)C(=O)c1cccc(C)c1[N+](=O)[O-]. The molecule has 114 valence electrons. The molecule has 0 aliphatic heterocycles. The largest absolute Gasteiger partial charge is 0.480 e. The van der Waals surface area contributed by atoms with Crippen LogP contribution in [0.3, 0.4) is 0 Å². The number of carbonyl (C=O) groups excluding carboxylic acids is 1. The third kappa shape index (κ3) is 4.25. The summed E-state index contributed by atoms with van der Waals surface area (Å²) in [5.41, 5.74) is -0.0967. The summed E-state index contributed by atoms with van der Waals surface area (Å²) >= 11 is 0. The second-order valence-corrected chi connectivity index (χ2v) is 4.34. The third-order valence-electron chi connectivity index (χ3n) is 2.83. The predicted molar refractivity (Wildman–Crippen MR) is 73.2 cm³/mol. The monoisotopic (exact) mass is 296 g/mol. The van der Waals surface area contributed by atoms with Crippen molar-refractivity contribution in [2.45, 2.75) is 6.92 Å². The van der Waals surface area contributed by atoms with Gasteiger partial charge in [-0.3, -0.25) is 19.7 Å². The van der Waals surface area contributed by atoms with E-state index in [4.69, 9.17) is 9.84 Å². The number of carbonyl (C=O) groups is 2. The van der Waals surface area contributed by atoms with Crippen LogP contribution < -0.4 is 0 Å². The van der Waals surface area contributed by atoms with Crippen LogP contribution in [-0.4, -0.2) is 53.6 Å². The van der Waals surface area contributed by atoms with Crippen molar-refractivity contribution in [3.8, 4) is 0 Å². The maximum Gasteiger partial charge on any atom is 0.323 e. The molecule has 0 unspecified atom stereocenters. The van der Waals surface area contributed by atoms with Crippen molar-refractivity contribution in [3.05, 3.63) is 39.4 Å². The van der Waals surface area contributed by atoms with E-state index in [0.29, 0.717) is 5.56 Å². The number of nitro groups is 1. The number of hydrogen-bond acceptors (Lipinski definition) is 5. The van der Waals surface area contributed by atoms with Gasteiger partial charge in [-0.25, -0.2) is 0 Å². The average Bonchev–Trinajstić information content (AvgIpc) is 2.41. The summed E-state index contributed by atoms with van der Waals surface area (Å²) in [6, 6.07) is 4.35. The van der Waals surface area contributed by atoms with Gasteiger partial charge in [-0.1, -0.05) is 12.1 Å². The summed E-state index contributed by atoms with van der Waals surface area (Å²) in [7, 11) is 1.42. The Morgan fingerprint density at radius 3 is 2.62 bits per heavy atom. The highest BCUT2D eigenvalue weighted by Crippen LogP contribution is 2.24.